The van der Waals surface area contributed by atoms with Gasteiger partial charge < -0.3 is 0 Å². The van der Waals surface area contributed by atoms with E-state index < -0.39 is 0 Å². The van der Waals surface area contributed by atoms with Crippen LogP contribution in [0.2, 0.25) is 0 Å². The second kappa shape index (κ2) is 7.31. The molecule has 4 fully saturated rings. The van der Waals surface area contributed by atoms with Gasteiger partial charge >= 0.3 is 0 Å². The van der Waals surface area contributed by atoms with Gasteiger partial charge in [-0.3, -0.25) is 9.59 Å². The number of hydrogen-bond donors (Lipinski definition) is 1. The summed E-state index contributed by atoms with van der Waals surface area (Å²) in [6, 6.07) is 13.2. The Morgan fingerprint density at radius 1 is 0.931 bits per heavy atom. The number of benzene rings is 2. The fraction of sp³-hybridized carbons (Fsp3) is 0.440. The smallest absolute Gasteiger partial charge is 0.217 e. The van der Waals surface area contributed by atoms with Crippen molar-refractivity contribution in [3.8, 4) is 0 Å². The lowest BCUT2D eigenvalue weighted by Crippen LogP contribution is -2.48. The van der Waals surface area contributed by atoms with Crippen LogP contribution in [0, 0.1) is 17.8 Å². The first-order valence-corrected chi connectivity index (χ1v) is 12.2. The molecular formula is C25H26O2S2. The van der Waals surface area contributed by atoms with Gasteiger partial charge in [-0.05, 0) is 97.8 Å². The summed E-state index contributed by atoms with van der Waals surface area (Å²) in [6.45, 7) is 0. The van der Waals surface area contributed by atoms with Gasteiger partial charge in [0.05, 0.1) is 0 Å². The van der Waals surface area contributed by atoms with Crippen molar-refractivity contribution in [1.82, 2.24) is 0 Å². The summed E-state index contributed by atoms with van der Waals surface area (Å²) in [5, 5.41) is -0.365. The van der Waals surface area contributed by atoms with Gasteiger partial charge in [0.2, 0.25) is 5.12 Å². The number of hydrogen-bond acceptors (Lipinski definition) is 3. The average molecular weight is 423 g/mol. The van der Waals surface area contributed by atoms with Crippen LogP contribution in [0.4, 0.5) is 0 Å². The zero-order valence-electron chi connectivity index (χ0n) is 16.7. The van der Waals surface area contributed by atoms with E-state index in [0.29, 0.717) is 16.7 Å². The van der Waals surface area contributed by atoms with E-state index in [1.54, 1.807) is 30.0 Å². The number of carbonyl (C=O) groups excluding carboxylic acids is 2. The van der Waals surface area contributed by atoms with Crippen LogP contribution >= 0.6 is 24.4 Å². The zero-order valence-corrected chi connectivity index (χ0v) is 18.4. The molecular weight excluding hydrogens is 396 g/mol. The van der Waals surface area contributed by atoms with Crippen molar-refractivity contribution >= 4 is 35.3 Å². The van der Waals surface area contributed by atoms with Crippen LogP contribution in [-0.2, 0) is 5.41 Å². The molecule has 4 heteroatoms. The third kappa shape index (κ3) is 3.29. The minimum absolute atomic E-state index is 0.0818. The lowest BCUT2D eigenvalue weighted by Gasteiger charge is -2.57. The minimum Gasteiger partial charge on any atom is -0.289 e. The van der Waals surface area contributed by atoms with Gasteiger partial charge in [-0.2, -0.15) is 0 Å². The second-order valence-electron chi connectivity index (χ2n) is 9.29. The van der Waals surface area contributed by atoms with Crippen molar-refractivity contribution in [3.63, 3.8) is 0 Å². The molecule has 0 radical (unpaired) electrons. The average Bonchev–Trinajstić information content (AvgIpc) is 2.71. The molecule has 2 aromatic rings. The molecule has 6 rings (SSSR count). The molecule has 0 N–H and O–H groups in total. The third-order valence-electron chi connectivity index (χ3n) is 7.47. The number of thioether (sulfide) groups is 1. The highest BCUT2D eigenvalue weighted by Crippen LogP contribution is 2.61. The SMILES string of the molecule is CSc1ccc(C(=O)c2ccccc2C(=O)S)cc1C12CC3CC(CC(C3)C1)C2. The highest BCUT2D eigenvalue weighted by molar-refractivity contribution is 7.98. The van der Waals surface area contributed by atoms with Gasteiger partial charge in [0.25, 0.3) is 0 Å². The van der Waals surface area contributed by atoms with E-state index in [2.05, 4.69) is 31.0 Å². The minimum atomic E-state index is -0.365. The molecule has 0 atom stereocenters. The van der Waals surface area contributed by atoms with Crippen molar-refractivity contribution < 1.29 is 9.59 Å². The van der Waals surface area contributed by atoms with Crippen LogP contribution in [0.5, 0.6) is 0 Å². The molecule has 4 bridgehead atoms. The van der Waals surface area contributed by atoms with E-state index >= 15 is 0 Å². The molecule has 0 aliphatic heterocycles. The maximum Gasteiger partial charge on any atom is 0.217 e. The molecule has 2 aromatic carbocycles. The summed E-state index contributed by atoms with van der Waals surface area (Å²) in [5.74, 6) is 2.50. The molecule has 0 saturated heterocycles. The molecule has 0 amide bonds. The Labute approximate surface area is 182 Å². The van der Waals surface area contributed by atoms with E-state index in [1.165, 1.54) is 49.0 Å². The maximum atomic E-state index is 13.4. The van der Waals surface area contributed by atoms with Gasteiger partial charge in [-0.15, -0.1) is 24.4 Å². The highest BCUT2D eigenvalue weighted by atomic mass is 32.2. The first-order valence-electron chi connectivity index (χ1n) is 10.5. The molecule has 0 aromatic heterocycles. The van der Waals surface area contributed by atoms with Crippen molar-refractivity contribution in [2.45, 2.75) is 48.8 Å². The maximum absolute atomic E-state index is 13.4. The summed E-state index contributed by atoms with van der Waals surface area (Å²) < 4.78 is 0. The van der Waals surface area contributed by atoms with Crippen LogP contribution in [0.3, 0.4) is 0 Å². The first kappa shape index (κ1) is 19.4. The van der Waals surface area contributed by atoms with Gasteiger partial charge in [0, 0.05) is 21.6 Å². The largest absolute Gasteiger partial charge is 0.289 e. The van der Waals surface area contributed by atoms with Crippen molar-refractivity contribution in [2.75, 3.05) is 6.26 Å². The van der Waals surface area contributed by atoms with E-state index in [1.807, 2.05) is 12.1 Å². The quantitative estimate of drug-likeness (QED) is 0.355. The first-order chi connectivity index (χ1) is 14.0. The molecule has 29 heavy (non-hydrogen) atoms. The van der Waals surface area contributed by atoms with Gasteiger partial charge in [-0.25, -0.2) is 0 Å². The number of carbonyl (C=O) groups is 2. The molecule has 4 aliphatic rings. The van der Waals surface area contributed by atoms with Crippen LogP contribution in [0.1, 0.15) is 70.4 Å². The number of thiol groups is 1. The molecule has 0 unspecified atom stereocenters. The summed E-state index contributed by atoms with van der Waals surface area (Å²) in [4.78, 5) is 26.6. The van der Waals surface area contributed by atoms with E-state index in [4.69, 9.17) is 0 Å². The van der Waals surface area contributed by atoms with Crippen molar-refractivity contribution in [3.05, 3.63) is 64.7 Å². The van der Waals surface area contributed by atoms with E-state index in [-0.39, 0.29) is 16.3 Å². The Morgan fingerprint density at radius 2 is 1.52 bits per heavy atom. The zero-order chi connectivity index (χ0) is 20.2. The Morgan fingerprint density at radius 3 is 2.07 bits per heavy atom. The number of ketones is 1. The van der Waals surface area contributed by atoms with Crippen molar-refractivity contribution in [2.24, 2.45) is 17.8 Å². The standard InChI is InChI=1S/C25H26O2S2/c1-29-22-7-6-18(23(26)19-4-2-3-5-20(19)24(27)28)11-21(22)25-12-15-8-16(13-25)10-17(9-15)14-25/h2-7,11,15-17H,8-10,12-14H2,1H3,(H,27,28). The normalized spacial score (nSPS) is 29.8. The Kier molecular flexibility index (Phi) is 4.90. The molecule has 4 saturated carbocycles. The van der Waals surface area contributed by atoms with Crippen LogP contribution < -0.4 is 0 Å². The van der Waals surface area contributed by atoms with Gasteiger partial charge in [0.15, 0.2) is 5.78 Å². The lowest BCUT2D eigenvalue weighted by atomic mass is 9.48. The van der Waals surface area contributed by atoms with E-state index in [0.717, 1.165) is 17.8 Å². The summed E-state index contributed by atoms with van der Waals surface area (Å²) in [6.07, 6.45) is 10.2. The Hall–Kier alpha value is -1.52. The highest BCUT2D eigenvalue weighted by Gasteiger charge is 2.52. The third-order valence-corrected chi connectivity index (χ3v) is 8.51. The van der Waals surface area contributed by atoms with Gasteiger partial charge in [-0.1, -0.05) is 18.2 Å². The van der Waals surface area contributed by atoms with Crippen LogP contribution in [0.25, 0.3) is 0 Å². The van der Waals surface area contributed by atoms with Crippen LogP contribution in [-0.4, -0.2) is 17.2 Å². The van der Waals surface area contributed by atoms with Crippen molar-refractivity contribution in [1.29, 1.82) is 0 Å². The molecule has 4 aliphatic carbocycles. The lowest BCUT2D eigenvalue weighted by molar-refractivity contribution is -0.00640. The van der Waals surface area contributed by atoms with Gasteiger partial charge in [0.1, 0.15) is 0 Å². The van der Waals surface area contributed by atoms with Crippen LogP contribution in [0.15, 0.2) is 47.4 Å². The topological polar surface area (TPSA) is 34.1 Å². The summed E-state index contributed by atoms with van der Waals surface area (Å²) in [5.41, 5.74) is 3.13. The fourth-order valence-electron chi connectivity index (χ4n) is 6.73. The Balaban J connectivity index is 1.58. The molecule has 0 spiro atoms. The van der Waals surface area contributed by atoms with E-state index in [9.17, 15) is 9.59 Å². The molecule has 0 heterocycles. The monoisotopic (exact) mass is 422 g/mol. The fourth-order valence-corrected chi connectivity index (χ4v) is 7.62. The second-order valence-corrected chi connectivity index (χ2v) is 10.5. The summed E-state index contributed by atoms with van der Waals surface area (Å²) in [7, 11) is 0. The predicted octanol–water partition coefficient (Wildman–Crippen LogP) is 6.18. The summed E-state index contributed by atoms with van der Waals surface area (Å²) >= 11 is 5.76. The molecule has 150 valence electrons. The molecule has 2 nitrogen and oxygen atoms in total. The Bertz CT molecular complexity index is 959. The number of rotatable bonds is 5. The predicted molar refractivity (Wildman–Crippen MR) is 121 cm³/mol.